The van der Waals surface area contributed by atoms with E-state index >= 15 is 4.39 Å². The summed E-state index contributed by atoms with van der Waals surface area (Å²) >= 11 is 0. The molecule has 0 bridgehead atoms. The summed E-state index contributed by atoms with van der Waals surface area (Å²) in [7, 11) is 0. The molecule has 0 aliphatic carbocycles. The molecule has 8 heteroatoms. The Bertz CT molecular complexity index is 1740. The van der Waals surface area contributed by atoms with Crippen LogP contribution in [0.1, 0.15) is 37.3 Å². The van der Waals surface area contributed by atoms with Gasteiger partial charge in [0.05, 0.1) is 0 Å². The second kappa shape index (κ2) is 13.0. The van der Waals surface area contributed by atoms with Gasteiger partial charge in [-0.2, -0.15) is 8.78 Å². The highest BCUT2D eigenvalue weighted by molar-refractivity contribution is 5.71. The minimum Gasteiger partial charge on any atom is -0.429 e. The van der Waals surface area contributed by atoms with Gasteiger partial charge in [-0.25, -0.2) is 22.0 Å². The van der Waals surface area contributed by atoms with Crippen molar-refractivity contribution < 1.29 is 35.5 Å². The van der Waals surface area contributed by atoms with Crippen LogP contribution < -0.4 is 4.74 Å². The molecule has 5 rings (SSSR count). The van der Waals surface area contributed by atoms with Crippen LogP contribution in [-0.2, 0) is 12.5 Å². The third-order valence-electron chi connectivity index (χ3n) is 7.32. The second-order valence-electron chi connectivity index (χ2n) is 10.4. The molecule has 0 unspecified atom stereocenters. The van der Waals surface area contributed by atoms with Crippen molar-refractivity contribution in [3.05, 3.63) is 137 Å². The molecule has 0 radical (unpaired) electrons. The normalized spacial score (nSPS) is 11.5. The van der Waals surface area contributed by atoms with E-state index in [1.54, 1.807) is 6.07 Å². The van der Waals surface area contributed by atoms with Crippen molar-refractivity contribution in [1.82, 2.24) is 0 Å². The quantitative estimate of drug-likeness (QED) is 0.113. The SMILES string of the molecule is CCCCCc1ccc(-c2ccc(-c3cc(F)c(C(F)(F)Oc4ccc(-c5ccc(F)c(F)c5)cc4)c(F)c3)c(F)c2)cc1. The molecule has 0 fully saturated rings. The Morgan fingerprint density at radius 1 is 0.523 bits per heavy atom. The van der Waals surface area contributed by atoms with E-state index in [2.05, 4.69) is 11.7 Å². The standard InChI is InChI=1S/C36H27F7O/c1-2-3-4-5-22-6-8-23(9-7-22)25-12-16-29(31(38)18-25)27-20-33(40)35(34(41)21-27)36(42,43)44-28-14-10-24(11-15-28)26-13-17-30(37)32(39)19-26/h6-21H,2-5H2,1H3. The maximum Gasteiger partial charge on any atom is 0.432 e. The number of benzene rings is 5. The van der Waals surface area contributed by atoms with Crippen LogP contribution in [0.2, 0.25) is 0 Å². The Morgan fingerprint density at radius 2 is 1.05 bits per heavy atom. The van der Waals surface area contributed by atoms with Gasteiger partial charge in [-0.15, -0.1) is 0 Å². The maximum atomic E-state index is 15.1. The lowest BCUT2D eigenvalue weighted by atomic mass is 9.97. The van der Waals surface area contributed by atoms with E-state index in [9.17, 15) is 26.3 Å². The lowest BCUT2D eigenvalue weighted by molar-refractivity contribution is -0.189. The van der Waals surface area contributed by atoms with E-state index in [4.69, 9.17) is 0 Å². The molecule has 0 aliphatic heterocycles. The molecule has 0 aliphatic rings. The van der Waals surface area contributed by atoms with E-state index in [-0.39, 0.29) is 16.7 Å². The molecular formula is C36H27F7O. The summed E-state index contributed by atoms with van der Waals surface area (Å²) in [6.07, 6.45) is -0.139. The van der Waals surface area contributed by atoms with Crippen LogP contribution >= 0.6 is 0 Å². The maximum absolute atomic E-state index is 15.1. The molecule has 0 atom stereocenters. The van der Waals surface area contributed by atoms with Crippen LogP contribution in [0.25, 0.3) is 33.4 Å². The molecule has 44 heavy (non-hydrogen) atoms. The van der Waals surface area contributed by atoms with E-state index in [0.29, 0.717) is 23.3 Å². The highest BCUT2D eigenvalue weighted by atomic mass is 19.3. The topological polar surface area (TPSA) is 9.23 Å². The molecule has 0 amide bonds. The van der Waals surface area contributed by atoms with E-state index in [1.165, 1.54) is 35.9 Å². The molecule has 0 saturated carbocycles. The van der Waals surface area contributed by atoms with Crippen LogP contribution in [0.15, 0.2) is 97.1 Å². The average molecular weight is 609 g/mol. The first-order chi connectivity index (χ1) is 21.1. The molecule has 0 heterocycles. The summed E-state index contributed by atoms with van der Waals surface area (Å²) in [4.78, 5) is 0. The van der Waals surface area contributed by atoms with Crippen LogP contribution in [0, 0.1) is 29.1 Å². The molecule has 0 spiro atoms. The number of ether oxygens (including phenoxy) is 1. The third kappa shape index (κ3) is 6.80. The van der Waals surface area contributed by atoms with Gasteiger partial charge >= 0.3 is 6.11 Å². The van der Waals surface area contributed by atoms with Crippen molar-refractivity contribution in [2.24, 2.45) is 0 Å². The third-order valence-corrected chi connectivity index (χ3v) is 7.32. The fraction of sp³-hybridized carbons (Fsp3) is 0.167. The van der Waals surface area contributed by atoms with E-state index in [1.807, 2.05) is 24.3 Å². The Morgan fingerprint density at radius 3 is 1.61 bits per heavy atom. The molecule has 1 nitrogen and oxygen atoms in total. The largest absolute Gasteiger partial charge is 0.432 e. The van der Waals surface area contributed by atoms with E-state index < -0.39 is 46.5 Å². The zero-order valence-electron chi connectivity index (χ0n) is 23.6. The molecule has 0 N–H and O–H groups in total. The minimum absolute atomic E-state index is 0.161. The highest BCUT2D eigenvalue weighted by Crippen LogP contribution is 2.38. The van der Waals surface area contributed by atoms with Crippen molar-refractivity contribution in [1.29, 1.82) is 0 Å². The first-order valence-electron chi connectivity index (χ1n) is 14.1. The smallest absolute Gasteiger partial charge is 0.429 e. The number of aryl methyl sites for hydroxylation is 1. The van der Waals surface area contributed by atoms with Gasteiger partial charge in [0.2, 0.25) is 0 Å². The predicted octanol–water partition coefficient (Wildman–Crippen LogP) is 11.2. The van der Waals surface area contributed by atoms with Crippen LogP contribution in [0.3, 0.4) is 0 Å². The van der Waals surface area contributed by atoms with Gasteiger partial charge in [-0.05, 0) is 88.7 Å². The van der Waals surface area contributed by atoms with Crippen LogP contribution in [0.5, 0.6) is 5.75 Å². The summed E-state index contributed by atoms with van der Waals surface area (Å²) in [5.41, 5.74) is 1.08. The van der Waals surface area contributed by atoms with Gasteiger partial charge in [0.25, 0.3) is 0 Å². The number of hydrogen-bond donors (Lipinski definition) is 0. The summed E-state index contributed by atoms with van der Waals surface area (Å²) in [5, 5.41) is 0. The second-order valence-corrected chi connectivity index (χ2v) is 10.4. The Balaban J connectivity index is 1.34. The Hall–Kier alpha value is -4.59. The lowest BCUT2D eigenvalue weighted by Gasteiger charge is -2.20. The van der Waals surface area contributed by atoms with Gasteiger partial charge < -0.3 is 4.74 Å². The molecule has 226 valence electrons. The molecule has 5 aromatic carbocycles. The van der Waals surface area contributed by atoms with Gasteiger partial charge in [-0.3, -0.25) is 0 Å². The molecule has 5 aromatic rings. The zero-order valence-corrected chi connectivity index (χ0v) is 23.6. The monoisotopic (exact) mass is 608 g/mol. The molecule has 0 saturated heterocycles. The fourth-order valence-corrected chi connectivity index (χ4v) is 4.97. The van der Waals surface area contributed by atoms with Crippen molar-refractivity contribution in [3.63, 3.8) is 0 Å². The summed E-state index contributed by atoms with van der Waals surface area (Å²) in [5.74, 6) is -6.56. The number of alkyl halides is 2. The van der Waals surface area contributed by atoms with Crippen molar-refractivity contribution in [2.75, 3.05) is 0 Å². The number of rotatable bonds is 10. The van der Waals surface area contributed by atoms with E-state index in [0.717, 1.165) is 55.5 Å². The fourth-order valence-electron chi connectivity index (χ4n) is 4.97. The van der Waals surface area contributed by atoms with Crippen LogP contribution in [0.4, 0.5) is 30.7 Å². The Kier molecular flexibility index (Phi) is 9.09. The summed E-state index contributed by atoms with van der Waals surface area (Å²) < 4.78 is 106. The Labute approximate surface area is 250 Å². The zero-order chi connectivity index (χ0) is 31.4. The summed E-state index contributed by atoms with van der Waals surface area (Å²) in [6.45, 7) is 2.13. The van der Waals surface area contributed by atoms with Crippen molar-refractivity contribution in [3.8, 4) is 39.1 Å². The predicted molar refractivity (Wildman–Crippen MR) is 157 cm³/mol. The number of hydrogen-bond acceptors (Lipinski definition) is 1. The lowest BCUT2D eigenvalue weighted by Crippen LogP contribution is -2.25. The van der Waals surface area contributed by atoms with Crippen LogP contribution in [-0.4, -0.2) is 0 Å². The summed E-state index contributed by atoms with van der Waals surface area (Å²) in [6, 6.07) is 21.1. The van der Waals surface area contributed by atoms with Crippen molar-refractivity contribution in [2.45, 2.75) is 38.7 Å². The van der Waals surface area contributed by atoms with Crippen molar-refractivity contribution >= 4 is 0 Å². The first kappa shape index (κ1) is 30.9. The number of halogens is 7. The molecular weight excluding hydrogens is 581 g/mol. The first-order valence-corrected chi connectivity index (χ1v) is 14.1. The average Bonchev–Trinajstić information content (AvgIpc) is 2.98. The highest BCUT2D eigenvalue weighted by Gasteiger charge is 2.41. The molecule has 0 aromatic heterocycles. The van der Waals surface area contributed by atoms with Gasteiger partial charge in [0, 0.05) is 5.56 Å². The van der Waals surface area contributed by atoms with Gasteiger partial charge in [0.1, 0.15) is 28.8 Å². The number of unbranched alkanes of at least 4 members (excludes halogenated alkanes) is 2. The van der Waals surface area contributed by atoms with Gasteiger partial charge in [0.15, 0.2) is 11.6 Å². The van der Waals surface area contributed by atoms with Gasteiger partial charge in [-0.1, -0.05) is 74.4 Å². The minimum atomic E-state index is -4.43.